The summed E-state index contributed by atoms with van der Waals surface area (Å²) >= 11 is 0. The summed E-state index contributed by atoms with van der Waals surface area (Å²) in [4.78, 5) is 13.3. The molecular formula is C22H31N9O. The van der Waals surface area contributed by atoms with Gasteiger partial charge in [-0.1, -0.05) is 12.8 Å². The van der Waals surface area contributed by atoms with E-state index in [1.807, 2.05) is 43.4 Å². The highest BCUT2D eigenvalue weighted by Gasteiger charge is 2.26. The van der Waals surface area contributed by atoms with Crippen LogP contribution in [0.3, 0.4) is 0 Å². The first-order valence-electron chi connectivity index (χ1n) is 11.4. The molecule has 0 bridgehead atoms. The van der Waals surface area contributed by atoms with Gasteiger partial charge >= 0.3 is 0 Å². The van der Waals surface area contributed by atoms with Crippen LogP contribution in [-0.2, 0) is 0 Å². The van der Waals surface area contributed by atoms with E-state index in [0.29, 0.717) is 17.8 Å². The van der Waals surface area contributed by atoms with E-state index in [4.69, 9.17) is 4.98 Å². The van der Waals surface area contributed by atoms with Crippen LogP contribution in [0.2, 0.25) is 0 Å². The summed E-state index contributed by atoms with van der Waals surface area (Å²) in [6.07, 6.45) is 5.72. The minimum atomic E-state index is -0.690. The molecular weight excluding hydrogens is 406 g/mol. The number of aliphatic hydroxyl groups excluding tert-OH is 1. The first-order valence-corrected chi connectivity index (χ1v) is 11.4. The van der Waals surface area contributed by atoms with Crippen molar-refractivity contribution in [2.24, 2.45) is 0 Å². The highest BCUT2D eigenvalue weighted by Crippen LogP contribution is 2.36. The Morgan fingerprint density at radius 1 is 1.16 bits per heavy atom. The number of piperazine rings is 1. The smallest absolute Gasteiger partial charge is 0.230 e. The largest absolute Gasteiger partial charge is 0.373 e. The number of aromatic nitrogens is 5. The molecule has 3 aromatic heterocycles. The van der Waals surface area contributed by atoms with Crippen molar-refractivity contribution < 1.29 is 5.11 Å². The summed E-state index contributed by atoms with van der Waals surface area (Å²) < 4.78 is 2.21. The molecule has 3 aromatic rings. The molecule has 1 aliphatic heterocycles. The van der Waals surface area contributed by atoms with Gasteiger partial charge in [0, 0.05) is 43.8 Å². The van der Waals surface area contributed by atoms with Gasteiger partial charge in [-0.15, -0.1) is 10.2 Å². The third kappa shape index (κ3) is 4.13. The van der Waals surface area contributed by atoms with Crippen LogP contribution in [0.5, 0.6) is 0 Å². The quantitative estimate of drug-likeness (QED) is 0.499. The lowest BCUT2D eigenvalue weighted by Crippen LogP contribution is -2.43. The predicted molar refractivity (Wildman–Crippen MR) is 124 cm³/mol. The number of nitrogens with zero attached hydrogens (tertiary/aromatic N) is 7. The maximum Gasteiger partial charge on any atom is 0.230 e. The summed E-state index contributed by atoms with van der Waals surface area (Å²) in [7, 11) is 3.76. The number of hydrogen-bond donors (Lipinski definition) is 3. The van der Waals surface area contributed by atoms with Gasteiger partial charge in [0.15, 0.2) is 11.6 Å². The average molecular weight is 438 g/mol. The van der Waals surface area contributed by atoms with E-state index >= 15 is 0 Å². The molecule has 0 aromatic carbocycles. The monoisotopic (exact) mass is 437 g/mol. The highest BCUT2D eigenvalue weighted by molar-refractivity contribution is 5.78. The van der Waals surface area contributed by atoms with Gasteiger partial charge in [-0.05, 0) is 45.1 Å². The molecule has 1 aliphatic carbocycles. The Morgan fingerprint density at radius 3 is 2.62 bits per heavy atom. The minimum Gasteiger partial charge on any atom is -0.373 e. The van der Waals surface area contributed by atoms with Gasteiger partial charge in [0.2, 0.25) is 5.95 Å². The van der Waals surface area contributed by atoms with Crippen LogP contribution in [0.1, 0.15) is 43.6 Å². The van der Waals surface area contributed by atoms with Gasteiger partial charge in [-0.2, -0.15) is 4.98 Å². The predicted octanol–water partition coefficient (Wildman–Crippen LogP) is 2.04. The topological polar surface area (TPSA) is 107 Å². The SMILES string of the molecule is CN(C)C(O)c1cc2cnc(Nc3ccc(N4CCNCC4)nn3)nc2n1C1CCCC1. The molecule has 2 aliphatic rings. The lowest BCUT2D eigenvalue weighted by atomic mass is 10.2. The number of fused-ring (bicyclic) bond motifs is 1. The van der Waals surface area contributed by atoms with Gasteiger partial charge in [0.1, 0.15) is 11.9 Å². The summed E-state index contributed by atoms with van der Waals surface area (Å²) in [5.41, 5.74) is 1.71. The summed E-state index contributed by atoms with van der Waals surface area (Å²) in [6, 6.07) is 6.24. The van der Waals surface area contributed by atoms with Crippen molar-refractivity contribution in [3.63, 3.8) is 0 Å². The van der Waals surface area contributed by atoms with Crippen LogP contribution in [0.25, 0.3) is 11.0 Å². The molecule has 0 radical (unpaired) electrons. The van der Waals surface area contributed by atoms with Crippen molar-refractivity contribution in [1.82, 2.24) is 34.9 Å². The Balaban J connectivity index is 1.43. The van der Waals surface area contributed by atoms with E-state index in [0.717, 1.165) is 61.6 Å². The van der Waals surface area contributed by atoms with Crippen molar-refractivity contribution >= 4 is 28.6 Å². The molecule has 1 saturated heterocycles. The van der Waals surface area contributed by atoms with Crippen LogP contribution in [0.15, 0.2) is 24.4 Å². The lowest BCUT2D eigenvalue weighted by molar-refractivity contribution is 0.0319. The maximum absolute atomic E-state index is 10.8. The normalized spacial score (nSPS) is 18.6. The maximum atomic E-state index is 10.8. The molecule has 3 N–H and O–H groups in total. The second kappa shape index (κ2) is 8.97. The Kier molecular flexibility index (Phi) is 5.90. The first kappa shape index (κ1) is 21.0. The molecule has 4 heterocycles. The standard InChI is InChI=1S/C22H31N9O/c1-29(2)21(32)17-13-15-14-24-22(26-20(15)31(17)16-5-3-4-6-16)25-18-7-8-19(28-27-18)30-11-9-23-10-12-30/h7-8,13-14,16,21,23,32H,3-6,9-12H2,1-2H3,(H,24,25,26,27). The zero-order valence-corrected chi connectivity index (χ0v) is 18.7. The fourth-order valence-corrected chi connectivity index (χ4v) is 4.67. The van der Waals surface area contributed by atoms with Crippen molar-refractivity contribution in [1.29, 1.82) is 0 Å². The highest BCUT2D eigenvalue weighted by atomic mass is 16.3. The van der Waals surface area contributed by atoms with E-state index in [9.17, 15) is 5.11 Å². The molecule has 1 atom stereocenters. The zero-order chi connectivity index (χ0) is 22.1. The Labute approximate surface area is 187 Å². The number of anilines is 3. The molecule has 1 unspecified atom stereocenters. The first-order chi connectivity index (χ1) is 15.6. The van der Waals surface area contributed by atoms with Crippen molar-refractivity contribution in [3.05, 3.63) is 30.1 Å². The van der Waals surface area contributed by atoms with E-state index < -0.39 is 6.23 Å². The van der Waals surface area contributed by atoms with Crippen molar-refractivity contribution in [2.75, 3.05) is 50.5 Å². The molecule has 1 saturated carbocycles. The van der Waals surface area contributed by atoms with Gasteiger partial charge in [-0.3, -0.25) is 4.90 Å². The third-order valence-corrected chi connectivity index (χ3v) is 6.38. The average Bonchev–Trinajstić information content (AvgIpc) is 3.47. The van der Waals surface area contributed by atoms with Gasteiger partial charge in [0.05, 0.1) is 5.69 Å². The molecule has 10 heteroatoms. The van der Waals surface area contributed by atoms with Gasteiger partial charge in [-0.25, -0.2) is 4.98 Å². The zero-order valence-electron chi connectivity index (χ0n) is 18.7. The molecule has 32 heavy (non-hydrogen) atoms. The minimum absolute atomic E-state index is 0.345. The molecule has 2 fully saturated rings. The molecule has 170 valence electrons. The fourth-order valence-electron chi connectivity index (χ4n) is 4.67. The molecule has 5 rings (SSSR count). The van der Waals surface area contributed by atoms with Crippen LogP contribution in [0.4, 0.5) is 17.6 Å². The Hall–Kier alpha value is -2.82. The fraction of sp³-hybridized carbons (Fsp3) is 0.545. The van der Waals surface area contributed by atoms with E-state index in [1.54, 1.807) is 0 Å². The molecule has 10 nitrogen and oxygen atoms in total. The Bertz CT molecular complexity index is 1050. The van der Waals surface area contributed by atoms with E-state index in [-0.39, 0.29) is 0 Å². The number of aliphatic hydroxyl groups is 1. The van der Waals surface area contributed by atoms with E-state index in [1.165, 1.54) is 12.8 Å². The van der Waals surface area contributed by atoms with Crippen LogP contribution < -0.4 is 15.5 Å². The second-order valence-corrected chi connectivity index (χ2v) is 8.83. The number of nitrogens with one attached hydrogen (secondary N) is 2. The van der Waals surface area contributed by atoms with Gasteiger partial charge in [0.25, 0.3) is 0 Å². The molecule has 0 spiro atoms. The van der Waals surface area contributed by atoms with Crippen LogP contribution in [-0.4, -0.2) is 75.0 Å². The lowest BCUT2D eigenvalue weighted by Gasteiger charge is -2.27. The molecule has 0 amide bonds. The summed E-state index contributed by atoms with van der Waals surface area (Å²) in [6.45, 7) is 3.78. The van der Waals surface area contributed by atoms with Crippen LogP contribution in [0, 0.1) is 0 Å². The third-order valence-electron chi connectivity index (χ3n) is 6.38. The Morgan fingerprint density at radius 2 is 1.94 bits per heavy atom. The summed E-state index contributed by atoms with van der Waals surface area (Å²) in [5.74, 6) is 1.96. The van der Waals surface area contributed by atoms with Gasteiger partial charge < -0.3 is 25.2 Å². The summed E-state index contributed by atoms with van der Waals surface area (Å²) in [5, 5.41) is 27.0. The van der Waals surface area contributed by atoms with Crippen molar-refractivity contribution in [2.45, 2.75) is 38.0 Å². The van der Waals surface area contributed by atoms with Crippen LogP contribution >= 0.6 is 0 Å². The number of rotatable bonds is 6. The number of hydrogen-bond acceptors (Lipinski definition) is 9. The van der Waals surface area contributed by atoms with E-state index in [2.05, 4.69) is 35.3 Å². The second-order valence-electron chi connectivity index (χ2n) is 8.83. The van der Waals surface area contributed by atoms with Crippen molar-refractivity contribution in [3.8, 4) is 0 Å².